The molecule has 0 saturated carbocycles. The van der Waals surface area contributed by atoms with Crippen molar-refractivity contribution in [2.24, 2.45) is 0 Å². The molecule has 1 aliphatic rings. The zero-order valence-corrected chi connectivity index (χ0v) is 23.0. The standard InChI is InChI=1S/C28H45N3O3S/c1-5-7-15-30(16-8-6-2)18-19-31-17-13-24(25(21-31)23-12-10-9-11-22(23)3)27(32)29-26(28(33)34)14-20-35-4/h9-12,26H,5-8,13-21H2,1-4H3,(H,29,32)(H,33,34). The number of carbonyl (C=O) groups excluding carboxylic acids is 1. The third-order valence-electron chi connectivity index (χ3n) is 6.77. The van der Waals surface area contributed by atoms with E-state index in [4.69, 9.17) is 0 Å². The summed E-state index contributed by atoms with van der Waals surface area (Å²) < 4.78 is 0. The SMILES string of the molecule is CCCCN(CCCC)CCN1CCC(C(=O)NC(CCSC)C(=O)O)=C(c2ccccc2C)C1. The molecule has 6 nitrogen and oxygen atoms in total. The van der Waals surface area contributed by atoms with Crippen LogP contribution in [0.15, 0.2) is 29.8 Å². The van der Waals surface area contributed by atoms with Crippen LogP contribution >= 0.6 is 11.8 Å². The minimum atomic E-state index is -0.970. The fraction of sp³-hybridized carbons (Fsp3) is 0.643. The van der Waals surface area contributed by atoms with Gasteiger partial charge in [-0.2, -0.15) is 11.8 Å². The first-order chi connectivity index (χ1) is 16.9. The molecule has 1 heterocycles. The maximum Gasteiger partial charge on any atom is 0.326 e. The average molecular weight is 504 g/mol. The Morgan fingerprint density at radius 2 is 1.83 bits per heavy atom. The van der Waals surface area contributed by atoms with Gasteiger partial charge in [0.2, 0.25) is 5.91 Å². The van der Waals surface area contributed by atoms with Crippen LogP contribution in [0, 0.1) is 6.92 Å². The summed E-state index contributed by atoms with van der Waals surface area (Å²) in [6.07, 6.45) is 7.87. The lowest BCUT2D eigenvalue weighted by Crippen LogP contribution is -2.44. The number of aliphatic carboxylic acids is 1. The molecular weight excluding hydrogens is 458 g/mol. The van der Waals surface area contributed by atoms with E-state index < -0.39 is 12.0 Å². The molecule has 0 saturated heterocycles. The molecule has 0 aliphatic carbocycles. The Hall–Kier alpha value is -1.83. The van der Waals surface area contributed by atoms with Gasteiger partial charge in [-0.05, 0) is 74.4 Å². The predicted molar refractivity (Wildman–Crippen MR) is 148 cm³/mol. The van der Waals surface area contributed by atoms with Gasteiger partial charge in [0.15, 0.2) is 0 Å². The van der Waals surface area contributed by atoms with Gasteiger partial charge in [0, 0.05) is 31.8 Å². The summed E-state index contributed by atoms with van der Waals surface area (Å²) in [6.45, 7) is 12.4. The number of thioether (sulfide) groups is 1. The summed E-state index contributed by atoms with van der Waals surface area (Å²) in [4.78, 5) is 30.1. The molecule has 0 bridgehead atoms. The number of nitrogens with one attached hydrogen (secondary N) is 1. The Morgan fingerprint density at radius 1 is 1.14 bits per heavy atom. The van der Waals surface area contributed by atoms with E-state index in [1.165, 1.54) is 25.7 Å². The summed E-state index contributed by atoms with van der Waals surface area (Å²) in [6, 6.07) is 7.33. The Bertz CT molecular complexity index is 834. The van der Waals surface area contributed by atoms with Crippen molar-refractivity contribution in [2.45, 2.75) is 65.3 Å². The van der Waals surface area contributed by atoms with Crippen LogP contribution in [0.25, 0.3) is 5.57 Å². The van der Waals surface area contributed by atoms with Crippen LogP contribution in [0.3, 0.4) is 0 Å². The molecule has 1 aliphatic heterocycles. The highest BCUT2D eigenvalue weighted by atomic mass is 32.2. The molecule has 1 atom stereocenters. The predicted octanol–water partition coefficient (Wildman–Crippen LogP) is 4.68. The summed E-state index contributed by atoms with van der Waals surface area (Å²) in [5, 5.41) is 12.4. The minimum absolute atomic E-state index is 0.232. The number of carbonyl (C=O) groups is 2. The molecule has 1 aromatic carbocycles. The Kier molecular flexibility index (Phi) is 13.5. The van der Waals surface area contributed by atoms with Crippen molar-refractivity contribution >= 4 is 29.2 Å². The maximum atomic E-state index is 13.3. The number of aryl methyl sites for hydroxylation is 1. The molecule has 0 radical (unpaired) electrons. The van der Waals surface area contributed by atoms with Crippen molar-refractivity contribution in [3.8, 4) is 0 Å². The van der Waals surface area contributed by atoms with Crippen molar-refractivity contribution < 1.29 is 14.7 Å². The Morgan fingerprint density at radius 3 is 2.43 bits per heavy atom. The van der Waals surface area contributed by atoms with E-state index in [0.29, 0.717) is 25.1 Å². The largest absolute Gasteiger partial charge is 0.480 e. The number of hydrogen-bond donors (Lipinski definition) is 2. The second kappa shape index (κ2) is 16.0. The zero-order chi connectivity index (χ0) is 25.6. The lowest BCUT2D eigenvalue weighted by molar-refractivity contribution is -0.141. The second-order valence-corrected chi connectivity index (χ2v) is 10.5. The second-order valence-electron chi connectivity index (χ2n) is 9.49. The minimum Gasteiger partial charge on any atom is -0.480 e. The van der Waals surface area contributed by atoms with Gasteiger partial charge in [-0.3, -0.25) is 9.69 Å². The monoisotopic (exact) mass is 503 g/mol. The van der Waals surface area contributed by atoms with Gasteiger partial charge in [0.25, 0.3) is 0 Å². The number of benzene rings is 1. The van der Waals surface area contributed by atoms with Gasteiger partial charge >= 0.3 is 5.97 Å². The molecule has 1 unspecified atom stereocenters. The van der Waals surface area contributed by atoms with Crippen LogP contribution in [0.5, 0.6) is 0 Å². The van der Waals surface area contributed by atoms with Crippen molar-refractivity contribution in [1.29, 1.82) is 0 Å². The van der Waals surface area contributed by atoms with Gasteiger partial charge in [-0.15, -0.1) is 0 Å². The van der Waals surface area contributed by atoms with Crippen LogP contribution in [0.1, 0.15) is 63.5 Å². The van der Waals surface area contributed by atoms with Gasteiger partial charge in [-0.1, -0.05) is 51.0 Å². The zero-order valence-electron chi connectivity index (χ0n) is 22.1. The van der Waals surface area contributed by atoms with Crippen LogP contribution in [-0.4, -0.2) is 84.1 Å². The lowest BCUT2D eigenvalue weighted by atomic mass is 9.90. The number of unbranched alkanes of at least 4 members (excludes halogenated alkanes) is 2. The van der Waals surface area contributed by atoms with E-state index in [9.17, 15) is 14.7 Å². The van der Waals surface area contributed by atoms with Gasteiger partial charge in [0.1, 0.15) is 6.04 Å². The Labute approximate surface area is 216 Å². The van der Waals surface area contributed by atoms with Crippen LogP contribution in [0.2, 0.25) is 0 Å². The van der Waals surface area contributed by atoms with E-state index in [1.807, 2.05) is 18.4 Å². The average Bonchev–Trinajstić information content (AvgIpc) is 2.86. The fourth-order valence-corrected chi connectivity index (χ4v) is 5.01. The van der Waals surface area contributed by atoms with Crippen molar-refractivity contribution in [3.05, 3.63) is 41.0 Å². The molecule has 7 heteroatoms. The molecule has 0 fully saturated rings. The number of rotatable bonds is 16. The van der Waals surface area contributed by atoms with Crippen LogP contribution in [0.4, 0.5) is 0 Å². The highest BCUT2D eigenvalue weighted by Crippen LogP contribution is 2.29. The highest BCUT2D eigenvalue weighted by Gasteiger charge is 2.28. The molecule has 35 heavy (non-hydrogen) atoms. The number of carboxylic acids is 1. The number of carboxylic acid groups (broad SMARTS) is 1. The maximum absolute atomic E-state index is 13.3. The molecule has 196 valence electrons. The van der Waals surface area contributed by atoms with E-state index in [0.717, 1.165) is 55.0 Å². The van der Waals surface area contributed by atoms with Crippen LogP contribution in [-0.2, 0) is 9.59 Å². The Balaban J connectivity index is 2.20. The molecule has 0 aromatic heterocycles. The van der Waals surface area contributed by atoms with Crippen LogP contribution < -0.4 is 5.32 Å². The molecule has 1 amide bonds. The number of amides is 1. The molecule has 2 N–H and O–H groups in total. The van der Waals surface area contributed by atoms with Crippen molar-refractivity contribution in [2.75, 3.05) is 51.3 Å². The topological polar surface area (TPSA) is 72.9 Å². The van der Waals surface area contributed by atoms with E-state index in [1.54, 1.807) is 11.8 Å². The molecule has 1 aromatic rings. The summed E-state index contributed by atoms with van der Waals surface area (Å²) in [5.74, 6) is -0.507. The lowest BCUT2D eigenvalue weighted by Gasteiger charge is -2.33. The van der Waals surface area contributed by atoms with E-state index in [2.05, 4.69) is 48.0 Å². The van der Waals surface area contributed by atoms with Crippen molar-refractivity contribution in [1.82, 2.24) is 15.1 Å². The van der Waals surface area contributed by atoms with E-state index >= 15 is 0 Å². The first kappa shape index (κ1) is 29.4. The van der Waals surface area contributed by atoms with Gasteiger partial charge in [-0.25, -0.2) is 4.79 Å². The van der Waals surface area contributed by atoms with E-state index in [-0.39, 0.29) is 5.91 Å². The summed E-state index contributed by atoms with van der Waals surface area (Å²) >= 11 is 1.59. The first-order valence-corrected chi connectivity index (χ1v) is 14.6. The third-order valence-corrected chi connectivity index (χ3v) is 7.41. The number of hydrogen-bond acceptors (Lipinski definition) is 5. The fourth-order valence-electron chi connectivity index (χ4n) is 4.54. The van der Waals surface area contributed by atoms with Gasteiger partial charge < -0.3 is 15.3 Å². The quantitative estimate of drug-likeness (QED) is 0.341. The summed E-state index contributed by atoms with van der Waals surface area (Å²) in [5.41, 5.74) is 4.00. The number of nitrogens with zero attached hydrogens (tertiary/aromatic N) is 2. The molecular formula is C28H45N3O3S. The first-order valence-electron chi connectivity index (χ1n) is 13.2. The molecule has 0 spiro atoms. The van der Waals surface area contributed by atoms with Gasteiger partial charge in [0.05, 0.1) is 0 Å². The third kappa shape index (κ3) is 9.62. The highest BCUT2D eigenvalue weighted by molar-refractivity contribution is 7.98. The summed E-state index contributed by atoms with van der Waals surface area (Å²) in [7, 11) is 0. The smallest absolute Gasteiger partial charge is 0.326 e. The van der Waals surface area contributed by atoms with Crippen molar-refractivity contribution in [3.63, 3.8) is 0 Å². The molecule has 2 rings (SSSR count). The normalized spacial score (nSPS) is 15.5.